The van der Waals surface area contributed by atoms with Gasteiger partial charge in [-0.05, 0) is 0 Å². The number of hydrogen-bond acceptors (Lipinski definition) is 2. The number of pyridine rings is 1. The zero-order chi connectivity index (χ0) is 8.97. The zero-order valence-electron chi connectivity index (χ0n) is 6.19. The van der Waals surface area contributed by atoms with Crippen molar-refractivity contribution < 1.29 is 9.90 Å². The van der Waals surface area contributed by atoms with Crippen molar-refractivity contribution in [2.45, 2.75) is 5.21 Å². The number of carbonyl (C=O) groups is 1. The number of rotatable bonds is 2. The van der Waals surface area contributed by atoms with Crippen molar-refractivity contribution in [3.8, 4) is 0 Å². The van der Waals surface area contributed by atoms with Gasteiger partial charge in [0.25, 0.3) is 0 Å². The number of hydrogen-bond donors (Lipinski definition) is 2. The maximum absolute atomic E-state index is 10.2. The van der Waals surface area contributed by atoms with Crippen LogP contribution in [0.2, 0.25) is 0 Å². The first kappa shape index (κ1) is 9.07. The molecule has 2 N–H and O–H groups in total. The molecule has 1 aromatic rings. The van der Waals surface area contributed by atoms with E-state index in [4.69, 9.17) is 5.11 Å². The Hall–Kier alpha value is -1.02. The molecule has 0 aliphatic heterocycles. The average Bonchev–Trinajstić information content (AvgIpc) is 2.05. The molecule has 0 atom stereocenters. The molecular formula is C7H7AsN2O2. The van der Waals surface area contributed by atoms with E-state index < -0.39 is 6.09 Å². The summed E-state index contributed by atoms with van der Waals surface area (Å²) >= 11 is 2.43. The van der Waals surface area contributed by atoms with Gasteiger partial charge in [0.2, 0.25) is 0 Å². The van der Waals surface area contributed by atoms with Crippen LogP contribution in [0.15, 0.2) is 18.3 Å². The topological polar surface area (TPSA) is 62.2 Å². The normalized spacial score (nSPS) is 9.42. The molecule has 5 heteroatoms. The number of aromatic nitrogens is 1. The van der Waals surface area contributed by atoms with Gasteiger partial charge < -0.3 is 0 Å². The van der Waals surface area contributed by atoms with Crippen LogP contribution in [-0.2, 0) is 5.21 Å². The number of nitrogens with zero attached hydrogens (tertiary/aromatic N) is 1. The Labute approximate surface area is 78.5 Å². The van der Waals surface area contributed by atoms with Gasteiger partial charge in [-0.15, -0.1) is 0 Å². The molecule has 0 saturated carbocycles. The first-order valence-corrected chi connectivity index (χ1v) is 4.61. The Bertz CT molecular complexity index is 273. The second kappa shape index (κ2) is 4.12. The fourth-order valence-electron chi connectivity index (χ4n) is 0.702. The van der Waals surface area contributed by atoms with E-state index in [1.807, 2.05) is 6.07 Å². The molecule has 1 rings (SSSR count). The third kappa shape index (κ3) is 2.55. The summed E-state index contributed by atoms with van der Waals surface area (Å²) in [7, 11) is 0. The van der Waals surface area contributed by atoms with Crippen molar-refractivity contribution in [1.29, 1.82) is 0 Å². The van der Waals surface area contributed by atoms with E-state index in [0.29, 0.717) is 5.82 Å². The van der Waals surface area contributed by atoms with Crippen LogP contribution in [0.5, 0.6) is 0 Å². The summed E-state index contributed by atoms with van der Waals surface area (Å²) in [5.41, 5.74) is 1.06. The first-order valence-electron chi connectivity index (χ1n) is 3.28. The van der Waals surface area contributed by atoms with Crippen LogP contribution >= 0.6 is 0 Å². The van der Waals surface area contributed by atoms with E-state index >= 15 is 0 Å². The maximum atomic E-state index is 10.2. The van der Waals surface area contributed by atoms with Crippen LogP contribution in [-0.4, -0.2) is 33.0 Å². The van der Waals surface area contributed by atoms with E-state index in [-0.39, 0.29) is 0 Å². The van der Waals surface area contributed by atoms with Gasteiger partial charge >= 0.3 is 78.1 Å². The van der Waals surface area contributed by atoms with Gasteiger partial charge in [0, 0.05) is 0 Å². The standard InChI is InChI=1S/C7H7AsN2O2/c8-3-5-1-2-6(9-4-5)10-7(11)12/h1-2,4H,3H2,(H,9,10)(H,11,12). The van der Waals surface area contributed by atoms with Crippen LogP contribution in [0.1, 0.15) is 5.56 Å². The van der Waals surface area contributed by atoms with Crippen LogP contribution < -0.4 is 5.32 Å². The van der Waals surface area contributed by atoms with Gasteiger partial charge in [-0.3, -0.25) is 0 Å². The Morgan fingerprint density at radius 1 is 1.67 bits per heavy atom. The van der Waals surface area contributed by atoms with E-state index in [1.54, 1.807) is 12.3 Å². The summed E-state index contributed by atoms with van der Waals surface area (Å²) in [5.74, 6) is 0.354. The van der Waals surface area contributed by atoms with Crippen molar-refractivity contribution in [2.75, 3.05) is 5.32 Å². The minimum atomic E-state index is -1.09. The number of nitrogens with one attached hydrogen (secondary N) is 1. The quantitative estimate of drug-likeness (QED) is 0.734. The monoisotopic (exact) mass is 226 g/mol. The summed E-state index contributed by atoms with van der Waals surface area (Å²) in [6, 6.07) is 3.47. The van der Waals surface area contributed by atoms with Crippen LogP contribution in [0.4, 0.5) is 10.6 Å². The van der Waals surface area contributed by atoms with E-state index in [0.717, 1.165) is 10.8 Å². The average molecular weight is 226 g/mol. The fourth-order valence-corrected chi connectivity index (χ4v) is 1.09. The first-order chi connectivity index (χ1) is 5.72. The molecule has 1 aromatic heterocycles. The third-order valence-corrected chi connectivity index (χ3v) is 2.01. The van der Waals surface area contributed by atoms with Crippen molar-refractivity contribution in [3.63, 3.8) is 0 Å². The molecule has 0 spiro atoms. The van der Waals surface area contributed by atoms with Crippen molar-refractivity contribution in [1.82, 2.24) is 4.98 Å². The van der Waals surface area contributed by atoms with Gasteiger partial charge in [-0.25, -0.2) is 0 Å². The van der Waals surface area contributed by atoms with Crippen LogP contribution in [0.25, 0.3) is 0 Å². The molecule has 2 radical (unpaired) electrons. The van der Waals surface area contributed by atoms with Crippen LogP contribution in [0, 0.1) is 0 Å². The molecular weight excluding hydrogens is 219 g/mol. The SMILES string of the molecule is O=C(O)Nc1ccc(C[As])cn1. The predicted molar refractivity (Wildman–Crippen MR) is 45.3 cm³/mol. The third-order valence-electron chi connectivity index (χ3n) is 1.24. The molecule has 0 aliphatic rings. The summed E-state index contributed by atoms with van der Waals surface area (Å²) in [5, 5.41) is 11.3. The van der Waals surface area contributed by atoms with Gasteiger partial charge in [0.05, 0.1) is 0 Å². The second-order valence-electron chi connectivity index (χ2n) is 2.14. The van der Waals surface area contributed by atoms with Gasteiger partial charge in [0.1, 0.15) is 0 Å². The van der Waals surface area contributed by atoms with E-state index in [2.05, 4.69) is 27.2 Å². The van der Waals surface area contributed by atoms with E-state index in [1.165, 1.54) is 0 Å². The Balaban J connectivity index is 2.71. The van der Waals surface area contributed by atoms with Crippen LogP contribution in [0.3, 0.4) is 0 Å². The molecule has 1 heterocycles. The molecule has 62 valence electrons. The second-order valence-corrected chi connectivity index (χ2v) is 2.80. The van der Waals surface area contributed by atoms with Gasteiger partial charge in [-0.1, -0.05) is 0 Å². The van der Waals surface area contributed by atoms with Gasteiger partial charge in [-0.2, -0.15) is 0 Å². The number of anilines is 1. The van der Waals surface area contributed by atoms with Crippen molar-refractivity contribution in [2.24, 2.45) is 0 Å². The predicted octanol–water partition coefficient (Wildman–Crippen LogP) is 0.840. The summed E-state index contributed by atoms with van der Waals surface area (Å²) in [4.78, 5) is 14.1. The minimum absolute atomic E-state index is 0.354. The molecule has 12 heavy (non-hydrogen) atoms. The Morgan fingerprint density at radius 3 is 2.83 bits per heavy atom. The van der Waals surface area contributed by atoms with Crippen molar-refractivity contribution in [3.05, 3.63) is 23.9 Å². The molecule has 0 unspecified atom stereocenters. The Kier molecular flexibility index (Phi) is 3.11. The summed E-state index contributed by atoms with van der Waals surface area (Å²) in [6.45, 7) is 0. The Morgan fingerprint density at radius 2 is 2.42 bits per heavy atom. The number of carboxylic acid groups (broad SMARTS) is 1. The molecule has 0 aliphatic carbocycles. The fraction of sp³-hybridized carbons (Fsp3) is 0.143. The molecule has 0 bridgehead atoms. The molecule has 0 aromatic carbocycles. The zero-order valence-corrected chi connectivity index (χ0v) is 8.07. The summed E-state index contributed by atoms with van der Waals surface area (Å²) < 4.78 is 0. The molecule has 0 fully saturated rings. The van der Waals surface area contributed by atoms with E-state index in [9.17, 15) is 4.79 Å². The molecule has 1 amide bonds. The van der Waals surface area contributed by atoms with Gasteiger partial charge in [0.15, 0.2) is 0 Å². The summed E-state index contributed by atoms with van der Waals surface area (Å²) in [6.07, 6.45) is 0.548. The molecule has 4 nitrogen and oxygen atoms in total. The van der Waals surface area contributed by atoms with Crippen molar-refractivity contribution >= 4 is 28.8 Å². The number of amides is 1. The molecule has 0 saturated heterocycles.